The summed E-state index contributed by atoms with van der Waals surface area (Å²) in [6, 6.07) is 0. The number of hydrogen-bond donors (Lipinski definition) is 1. The fraction of sp³-hybridized carbons (Fsp3) is 0.688. The number of nitrogens with zero attached hydrogens (tertiary/aromatic N) is 2. The van der Waals surface area contributed by atoms with Crippen molar-refractivity contribution in [2.45, 2.75) is 45.4 Å². The van der Waals surface area contributed by atoms with Crippen LogP contribution in [0.2, 0.25) is 0 Å². The summed E-state index contributed by atoms with van der Waals surface area (Å²) in [6.45, 7) is 7.67. The SMILES string of the molecule is CC(C)(C)c1csc(NC(=O)[C@@H]2CC(=O)N(CC3CC3)C2)n1. The predicted molar refractivity (Wildman–Crippen MR) is 86.9 cm³/mol. The van der Waals surface area contributed by atoms with Crippen LogP contribution in [0, 0.1) is 11.8 Å². The summed E-state index contributed by atoms with van der Waals surface area (Å²) in [5.74, 6) is 0.454. The number of carbonyl (C=O) groups excluding carboxylic acids is 2. The van der Waals surface area contributed by atoms with Gasteiger partial charge >= 0.3 is 0 Å². The third-order valence-corrected chi connectivity index (χ3v) is 5.02. The summed E-state index contributed by atoms with van der Waals surface area (Å²) < 4.78 is 0. The first-order valence-electron chi connectivity index (χ1n) is 7.87. The third-order valence-electron chi connectivity index (χ3n) is 4.26. The van der Waals surface area contributed by atoms with Crippen molar-refractivity contribution in [2.75, 3.05) is 18.4 Å². The number of aromatic nitrogens is 1. The second-order valence-electron chi connectivity index (χ2n) is 7.42. The van der Waals surface area contributed by atoms with Crippen molar-refractivity contribution in [3.05, 3.63) is 11.1 Å². The minimum absolute atomic E-state index is 0.0239. The van der Waals surface area contributed by atoms with Gasteiger partial charge in [-0.25, -0.2) is 4.98 Å². The van der Waals surface area contributed by atoms with Gasteiger partial charge in [-0.3, -0.25) is 9.59 Å². The Morgan fingerprint density at radius 2 is 2.18 bits per heavy atom. The van der Waals surface area contributed by atoms with Crippen LogP contribution in [-0.4, -0.2) is 34.8 Å². The molecule has 2 aliphatic rings. The highest BCUT2D eigenvalue weighted by atomic mass is 32.1. The fourth-order valence-corrected chi connectivity index (χ4v) is 3.56. The lowest BCUT2D eigenvalue weighted by atomic mass is 9.93. The Bertz CT molecular complexity index is 586. The van der Waals surface area contributed by atoms with E-state index in [-0.39, 0.29) is 23.1 Å². The van der Waals surface area contributed by atoms with Crippen LogP contribution in [0.1, 0.15) is 45.7 Å². The van der Waals surface area contributed by atoms with Crippen molar-refractivity contribution in [1.82, 2.24) is 9.88 Å². The summed E-state index contributed by atoms with van der Waals surface area (Å²) in [5, 5.41) is 5.48. The normalized spacial score (nSPS) is 22.2. The molecule has 1 saturated heterocycles. The molecule has 1 aliphatic heterocycles. The zero-order valence-corrected chi connectivity index (χ0v) is 14.2. The van der Waals surface area contributed by atoms with E-state index in [1.54, 1.807) is 0 Å². The Morgan fingerprint density at radius 1 is 1.45 bits per heavy atom. The van der Waals surface area contributed by atoms with Gasteiger partial charge in [0.2, 0.25) is 11.8 Å². The smallest absolute Gasteiger partial charge is 0.231 e. The summed E-state index contributed by atoms with van der Waals surface area (Å²) in [6.07, 6.45) is 2.76. The number of hydrogen-bond acceptors (Lipinski definition) is 4. The molecule has 1 aliphatic carbocycles. The minimum atomic E-state index is -0.242. The monoisotopic (exact) mass is 321 g/mol. The molecule has 1 saturated carbocycles. The number of amides is 2. The predicted octanol–water partition coefficient (Wildman–Crippen LogP) is 2.64. The van der Waals surface area contributed by atoms with Crippen LogP contribution in [0.5, 0.6) is 0 Å². The highest BCUT2D eigenvalue weighted by molar-refractivity contribution is 7.13. The van der Waals surface area contributed by atoms with Gasteiger partial charge < -0.3 is 10.2 Å². The summed E-state index contributed by atoms with van der Waals surface area (Å²) in [5.41, 5.74) is 0.954. The Hall–Kier alpha value is -1.43. The van der Waals surface area contributed by atoms with Crippen molar-refractivity contribution in [3.8, 4) is 0 Å². The van der Waals surface area contributed by atoms with Gasteiger partial charge in [-0.05, 0) is 18.8 Å². The molecule has 6 heteroatoms. The van der Waals surface area contributed by atoms with Crippen LogP contribution in [0.25, 0.3) is 0 Å². The largest absolute Gasteiger partial charge is 0.342 e. The lowest BCUT2D eigenvalue weighted by Crippen LogP contribution is -2.29. The van der Waals surface area contributed by atoms with Crippen molar-refractivity contribution in [3.63, 3.8) is 0 Å². The van der Waals surface area contributed by atoms with Crippen LogP contribution >= 0.6 is 11.3 Å². The van der Waals surface area contributed by atoms with Crippen molar-refractivity contribution in [2.24, 2.45) is 11.8 Å². The molecule has 120 valence electrons. The summed E-state index contributed by atoms with van der Waals surface area (Å²) >= 11 is 1.44. The zero-order chi connectivity index (χ0) is 15.9. The van der Waals surface area contributed by atoms with Crippen molar-refractivity contribution in [1.29, 1.82) is 0 Å². The molecule has 1 N–H and O–H groups in total. The molecule has 1 atom stereocenters. The number of nitrogens with one attached hydrogen (secondary N) is 1. The second kappa shape index (κ2) is 5.65. The summed E-state index contributed by atoms with van der Waals surface area (Å²) in [7, 11) is 0. The van der Waals surface area contributed by atoms with Gasteiger partial charge in [-0.2, -0.15) is 0 Å². The average Bonchev–Trinajstić information content (AvgIpc) is 2.96. The molecule has 1 aromatic rings. The van der Waals surface area contributed by atoms with Crippen LogP contribution < -0.4 is 5.32 Å². The van der Waals surface area contributed by atoms with E-state index in [1.165, 1.54) is 24.2 Å². The minimum Gasteiger partial charge on any atom is -0.342 e. The lowest BCUT2D eigenvalue weighted by molar-refractivity contribution is -0.128. The van der Waals surface area contributed by atoms with E-state index >= 15 is 0 Å². The first-order valence-corrected chi connectivity index (χ1v) is 8.75. The molecule has 2 heterocycles. The molecule has 1 aromatic heterocycles. The second-order valence-corrected chi connectivity index (χ2v) is 8.28. The van der Waals surface area contributed by atoms with Crippen molar-refractivity contribution >= 4 is 28.3 Å². The van der Waals surface area contributed by atoms with Crippen LogP contribution in [0.15, 0.2) is 5.38 Å². The van der Waals surface area contributed by atoms with E-state index in [0.717, 1.165) is 12.2 Å². The van der Waals surface area contributed by atoms with Gasteiger partial charge in [0.15, 0.2) is 5.13 Å². The van der Waals surface area contributed by atoms with E-state index in [2.05, 4.69) is 31.1 Å². The van der Waals surface area contributed by atoms with E-state index in [0.29, 0.717) is 24.0 Å². The molecule has 22 heavy (non-hydrogen) atoms. The van der Waals surface area contributed by atoms with Crippen molar-refractivity contribution < 1.29 is 9.59 Å². The molecule has 0 aromatic carbocycles. The van der Waals surface area contributed by atoms with E-state index in [9.17, 15) is 9.59 Å². The van der Waals surface area contributed by atoms with Crippen LogP contribution in [-0.2, 0) is 15.0 Å². The molecule has 2 amide bonds. The Labute approximate surface area is 135 Å². The number of carbonyl (C=O) groups is 2. The Morgan fingerprint density at radius 3 is 2.77 bits per heavy atom. The Balaban J connectivity index is 1.58. The van der Waals surface area contributed by atoms with Gasteiger partial charge in [0.25, 0.3) is 0 Å². The number of thiazole rings is 1. The molecule has 3 rings (SSSR count). The lowest BCUT2D eigenvalue weighted by Gasteiger charge is -2.16. The average molecular weight is 321 g/mol. The van der Waals surface area contributed by atoms with E-state index < -0.39 is 0 Å². The van der Waals surface area contributed by atoms with Crippen LogP contribution in [0.3, 0.4) is 0 Å². The van der Waals surface area contributed by atoms with E-state index in [1.807, 2.05) is 10.3 Å². The van der Waals surface area contributed by atoms with Gasteiger partial charge in [-0.1, -0.05) is 20.8 Å². The van der Waals surface area contributed by atoms with Crippen LogP contribution in [0.4, 0.5) is 5.13 Å². The molecular weight excluding hydrogens is 298 g/mol. The topological polar surface area (TPSA) is 62.3 Å². The zero-order valence-electron chi connectivity index (χ0n) is 13.4. The molecule has 0 bridgehead atoms. The van der Waals surface area contributed by atoms with Gasteiger partial charge in [0.1, 0.15) is 0 Å². The number of rotatable bonds is 4. The number of anilines is 1. The molecule has 0 radical (unpaired) electrons. The maximum atomic E-state index is 12.3. The van der Waals surface area contributed by atoms with Gasteiger partial charge in [-0.15, -0.1) is 11.3 Å². The molecular formula is C16H23N3O2S. The Kier molecular flexibility index (Phi) is 3.97. The molecule has 5 nitrogen and oxygen atoms in total. The highest BCUT2D eigenvalue weighted by Gasteiger charge is 2.37. The van der Waals surface area contributed by atoms with Gasteiger partial charge in [0, 0.05) is 30.3 Å². The highest BCUT2D eigenvalue weighted by Crippen LogP contribution is 2.32. The molecule has 0 unspecified atom stereocenters. The first-order chi connectivity index (χ1) is 10.3. The summed E-state index contributed by atoms with van der Waals surface area (Å²) in [4.78, 5) is 30.6. The maximum absolute atomic E-state index is 12.3. The molecule has 2 fully saturated rings. The fourth-order valence-electron chi connectivity index (χ4n) is 2.62. The maximum Gasteiger partial charge on any atom is 0.231 e. The number of likely N-dealkylation sites (tertiary alicyclic amines) is 1. The standard InChI is InChI=1S/C16H23N3O2S/c1-16(2,3)12-9-22-15(17-12)18-14(21)11-6-13(20)19(8-11)7-10-4-5-10/h9-11H,4-8H2,1-3H3,(H,17,18,21)/t11-/m1/s1. The van der Waals surface area contributed by atoms with E-state index in [4.69, 9.17) is 0 Å². The molecule has 0 spiro atoms. The third kappa shape index (κ3) is 3.48. The first kappa shape index (κ1) is 15.5. The quantitative estimate of drug-likeness (QED) is 0.927. The van der Waals surface area contributed by atoms with Gasteiger partial charge in [0.05, 0.1) is 11.6 Å².